The van der Waals surface area contributed by atoms with Gasteiger partial charge < -0.3 is 9.47 Å². The van der Waals surface area contributed by atoms with Crippen LogP contribution in [0.4, 0.5) is 0 Å². The first kappa shape index (κ1) is 9.88. The number of nitrogens with zero attached hydrogens (tertiary/aromatic N) is 1. The van der Waals surface area contributed by atoms with Crippen LogP contribution in [0.15, 0.2) is 0 Å². The standard InChI is InChI=1S/C7H17NO2/c1-8(2)7(10-4)5-6-9-3/h7H,5-6H2,1-4H3. The van der Waals surface area contributed by atoms with Crippen molar-refractivity contribution in [2.45, 2.75) is 12.6 Å². The fraction of sp³-hybridized carbons (Fsp3) is 1.00. The Balaban J connectivity index is 3.40. The first-order valence-electron chi connectivity index (χ1n) is 3.40. The first-order chi connectivity index (χ1) is 4.72. The van der Waals surface area contributed by atoms with E-state index in [-0.39, 0.29) is 6.23 Å². The molecule has 0 rings (SSSR count). The molecule has 0 amide bonds. The van der Waals surface area contributed by atoms with Crippen molar-refractivity contribution < 1.29 is 9.47 Å². The minimum absolute atomic E-state index is 0.181. The summed E-state index contributed by atoms with van der Waals surface area (Å²) >= 11 is 0. The molecular weight excluding hydrogens is 130 g/mol. The molecule has 0 fully saturated rings. The van der Waals surface area contributed by atoms with Gasteiger partial charge in [-0.2, -0.15) is 0 Å². The predicted octanol–water partition coefficient (Wildman–Crippen LogP) is 0.557. The minimum atomic E-state index is 0.181. The van der Waals surface area contributed by atoms with E-state index in [1.54, 1.807) is 14.2 Å². The van der Waals surface area contributed by atoms with Crippen molar-refractivity contribution in [1.29, 1.82) is 0 Å². The normalized spacial score (nSPS) is 14.1. The van der Waals surface area contributed by atoms with E-state index in [1.807, 2.05) is 19.0 Å². The van der Waals surface area contributed by atoms with Crippen molar-refractivity contribution in [3.05, 3.63) is 0 Å². The average molecular weight is 147 g/mol. The Morgan fingerprint density at radius 2 is 1.90 bits per heavy atom. The van der Waals surface area contributed by atoms with Gasteiger partial charge >= 0.3 is 0 Å². The van der Waals surface area contributed by atoms with Crippen molar-refractivity contribution in [3.8, 4) is 0 Å². The Labute approximate surface area is 62.9 Å². The van der Waals surface area contributed by atoms with Gasteiger partial charge in [-0.15, -0.1) is 0 Å². The van der Waals surface area contributed by atoms with E-state index < -0.39 is 0 Å². The molecule has 1 atom stereocenters. The molecule has 0 spiro atoms. The maximum atomic E-state index is 5.16. The Kier molecular flexibility index (Phi) is 5.58. The number of ether oxygens (including phenoxy) is 2. The number of rotatable bonds is 5. The van der Waals surface area contributed by atoms with Crippen molar-refractivity contribution >= 4 is 0 Å². The molecule has 3 heteroatoms. The summed E-state index contributed by atoms with van der Waals surface area (Å²) in [5, 5.41) is 0. The van der Waals surface area contributed by atoms with Crippen LogP contribution in [-0.2, 0) is 9.47 Å². The maximum absolute atomic E-state index is 5.16. The lowest BCUT2D eigenvalue weighted by atomic mass is 10.4. The lowest BCUT2D eigenvalue weighted by Crippen LogP contribution is -2.30. The molecule has 1 unspecified atom stereocenters. The van der Waals surface area contributed by atoms with Gasteiger partial charge in [0.2, 0.25) is 0 Å². The van der Waals surface area contributed by atoms with Gasteiger partial charge in [-0.05, 0) is 14.1 Å². The van der Waals surface area contributed by atoms with Crippen molar-refractivity contribution in [1.82, 2.24) is 4.90 Å². The van der Waals surface area contributed by atoms with Gasteiger partial charge in [0.05, 0.1) is 0 Å². The Hall–Kier alpha value is -0.120. The highest BCUT2D eigenvalue weighted by Crippen LogP contribution is 1.99. The molecule has 0 N–H and O–H groups in total. The van der Waals surface area contributed by atoms with Gasteiger partial charge in [0.25, 0.3) is 0 Å². The van der Waals surface area contributed by atoms with Crippen molar-refractivity contribution in [3.63, 3.8) is 0 Å². The molecule has 0 aromatic heterocycles. The summed E-state index contributed by atoms with van der Waals surface area (Å²) in [4.78, 5) is 2.03. The Morgan fingerprint density at radius 3 is 2.20 bits per heavy atom. The summed E-state index contributed by atoms with van der Waals surface area (Å²) in [7, 11) is 7.39. The molecule has 0 aromatic carbocycles. The SMILES string of the molecule is COCCC(OC)N(C)C. The molecule has 0 aromatic rings. The van der Waals surface area contributed by atoms with E-state index >= 15 is 0 Å². The second-order valence-electron chi connectivity index (χ2n) is 2.44. The zero-order valence-corrected chi connectivity index (χ0v) is 7.26. The number of hydrogen-bond acceptors (Lipinski definition) is 3. The van der Waals surface area contributed by atoms with E-state index in [0.29, 0.717) is 0 Å². The summed E-state index contributed by atoms with van der Waals surface area (Å²) in [5.74, 6) is 0. The van der Waals surface area contributed by atoms with Gasteiger partial charge in [-0.1, -0.05) is 0 Å². The average Bonchev–Trinajstić information content (AvgIpc) is 1.89. The monoisotopic (exact) mass is 147 g/mol. The van der Waals surface area contributed by atoms with E-state index in [2.05, 4.69) is 0 Å². The first-order valence-corrected chi connectivity index (χ1v) is 3.40. The number of hydrogen-bond donors (Lipinski definition) is 0. The third kappa shape index (κ3) is 3.82. The summed E-state index contributed by atoms with van der Waals surface area (Å²) < 4.78 is 10.1. The van der Waals surface area contributed by atoms with E-state index in [1.165, 1.54) is 0 Å². The Bertz CT molecular complexity index is 76.0. The Morgan fingerprint density at radius 1 is 1.30 bits per heavy atom. The summed E-state index contributed by atoms with van der Waals surface area (Å²) in [6.07, 6.45) is 1.10. The summed E-state index contributed by atoms with van der Waals surface area (Å²) in [6.45, 7) is 0.747. The largest absolute Gasteiger partial charge is 0.385 e. The highest BCUT2D eigenvalue weighted by Gasteiger charge is 2.07. The molecule has 0 aliphatic rings. The molecule has 10 heavy (non-hydrogen) atoms. The van der Waals surface area contributed by atoms with E-state index in [0.717, 1.165) is 13.0 Å². The molecule has 62 valence electrons. The number of methoxy groups -OCH3 is 2. The fourth-order valence-corrected chi connectivity index (χ4v) is 0.806. The molecule has 0 bridgehead atoms. The van der Waals surface area contributed by atoms with Crippen molar-refractivity contribution in [2.75, 3.05) is 34.9 Å². The molecule has 0 aliphatic heterocycles. The molecule has 3 nitrogen and oxygen atoms in total. The zero-order valence-electron chi connectivity index (χ0n) is 7.26. The quantitative estimate of drug-likeness (QED) is 0.530. The molecule has 0 heterocycles. The lowest BCUT2D eigenvalue weighted by molar-refractivity contribution is -0.0232. The van der Waals surface area contributed by atoms with Gasteiger partial charge in [0, 0.05) is 27.2 Å². The van der Waals surface area contributed by atoms with Gasteiger partial charge in [0.1, 0.15) is 6.23 Å². The van der Waals surface area contributed by atoms with Crippen LogP contribution in [0.5, 0.6) is 0 Å². The van der Waals surface area contributed by atoms with Crippen LogP contribution < -0.4 is 0 Å². The summed E-state index contributed by atoms with van der Waals surface area (Å²) in [5.41, 5.74) is 0. The van der Waals surface area contributed by atoms with Crippen LogP contribution >= 0.6 is 0 Å². The van der Waals surface area contributed by atoms with E-state index in [4.69, 9.17) is 9.47 Å². The van der Waals surface area contributed by atoms with E-state index in [9.17, 15) is 0 Å². The van der Waals surface area contributed by atoms with Crippen LogP contribution in [0.2, 0.25) is 0 Å². The van der Waals surface area contributed by atoms with Crippen LogP contribution in [0.25, 0.3) is 0 Å². The summed E-state index contributed by atoms with van der Waals surface area (Å²) in [6, 6.07) is 0. The smallest absolute Gasteiger partial charge is 0.111 e. The lowest BCUT2D eigenvalue weighted by Gasteiger charge is -2.21. The molecule has 0 saturated heterocycles. The second-order valence-corrected chi connectivity index (χ2v) is 2.44. The van der Waals surface area contributed by atoms with Crippen LogP contribution in [0.1, 0.15) is 6.42 Å². The van der Waals surface area contributed by atoms with Crippen LogP contribution in [-0.4, -0.2) is 46.0 Å². The predicted molar refractivity (Wildman–Crippen MR) is 41.0 cm³/mol. The van der Waals surface area contributed by atoms with Crippen LogP contribution in [0, 0.1) is 0 Å². The molecule has 0 saturated carbocycles. The van der Waals surface area contributed by atoms with Crippen molar-refractivity contribution in [2.24, 2.45) is 0 Å². The second kappa shape index (κ2) is 5.65. The third-order valence-electron chi connectivity index (χ3n) is 1.42. The van der Waals surface area contributed by atoms with Gasteiger partial charge in [0.15, 0.2) is 0 Å². The highest BCUT2D eigenvalue weighted by molar-refractivity contribution is 4.51. The topological polar surface area (TPSA) is 21.7 Å². The molecule has 0 aliphatic carbocycles. The van der Waals surface area contributed by atoms with Gasteiger partial charge in [-0.25, -0.2) is 0 Å². The minimum Gasteiger partial charge on any atom is -0.385 e. The third-order valence-corrected chi connectivity index (χ3v) is 1.42. The molecular formula is C7H17NO2. The zero-order chi connectivity index (χ0) is 7.98. The fourth-order valence-electron chi connectivity index (χ4n) is 0.806. The highest BCUT2D eigenvalue weighted by atomic mass is 16.5. The van der Waals surface area contributed by atoms with Gasteiger partial charge in [-0.3, -0.25) is 4.90 Å². The maximum Gasteiger partial charge on any atom is 0.111 e. The molecule has 0 radical (unpaired) electrons. The van der Waals surface area contributed by atoms with Crippen LogP contribution in [0.3, 0.4) is 0 Å².